The molecule has 0 unspecified atom stereocenters. The molecule has 1 heterocycles. The Kier molecular flexibility index (Phi) is 1.82. The van der Waals surface area contributed by atoms with Crippen molar-refractivity contribution < 1.29 is 15.3 Å². The van der Waals surface area contributed by atoms with Gasteiger partial charge in [-0.15, -0.1) is 0 Å². The standard InChI is InChI=1S/C6H11F2NO/c7-5(8)6(10)1-3-9-4-2-6/h5,9-10H,1-4H2/i/hD. The number of piperidine rings is 1. The zero-order chi connectivity index (χ0) is 8.48. The molecule has 1 saturated heterocycles. The molecule has 4 heteroatoms. The zero-order valence-electron chi connectivity index (χ0n) is 6.56. The van der Waals surface area contributed by atoms with E-state index in [1.165, 1.54) is 5.31 Å². The van der Waals surface area contributed by atoms with Crippen LogP contribution in [-0.2, 0) is 0 Å². The lowest BCUT2D eigenvalue weighted by molar-refractivity contribution is -0.112. The van der Waals surface area contributed by atoms with Crippen LogP contribution in [0.25, 0.3) is 0 Å². The largest absolute Gasteiger partial charge is 0.384 e. The van der Waals surface area contributed by atoms with Gasteiger partial charge in [0.15, 0.2) is 0 Å². The fourth-order valence-electron chi connectivity index (χ4n) is 1.00. The van der Waals surface area contributed by atoms with Crippen LogP contribution in [0.4, 0.5) is 8.78 Å². The Bertz CT molecular complexity index is 137. The summed E-state index contributed by atoms with van der Waals surface area (Å²) >= 11 is 0. The summed E-state index contributed by atoms with van der Waals surface area (Å²) in [6, 6.07) is 0. The molecular weight excluding hydrogens is 140 g/mol. The first kappa shape index (κ1) is 6.49. The minimum Gasteiger partial charge on any atom is -0.384 e. The number of alkyl halides is 2. The molecule has 0 bridgehead atoms. The van der Waals surface area contributed by atoms with Crippen molar-refractivity contribution in [2.75, 3.05) is 13.1 Å². The Morgan fingerprint density at radius 3 is 2.40 bits per heavy atom. The molecule has 0 saturated carbocycles. The lowest BCUT2D eigenvalue weighted by atomic mass is 9.93. The van der Waals surface area contributed by atoms with Crippen molar-refractivity contribution in [2.24, 2.45) is 0 Å². The van der Waals surface area contributed by atoms with Crippen molar-refractivity contribution in [3.05, 3.63) is 0 Å². The average molecular weight is 152 g/mol. The van der Waals surface area contributed by atoms with Gasteiger partial charge in [-0.3, -0.25) is 0 Å². The predicted octanol–water partition coefficient (Wildman–Crippen LogP) is 0.366. The van der Waals surface area contributed by atoms with E-state index in [1.807, 2.05) is 0 Å². The number of hydrogen-bond acceptors (Lipinski definition) is 2. The van der Waals surface area contributed by atoms with Crippen LogP contribution < -0.4 is 5.31 Å². The molecule has 1 aliphatic heterocycles. The molecule has 0 aromatic carbocycles. The summed E-state index contributed by atoms with van der Waals surface area (Å²) in [5.41, 5.74) is -1.84. The van der Waals surface area contributed by atoms with E-state index in [1.54, 1.807) is 0 Å². The van der Waals surface area contributed by atoms with Crippen LogP contribution in [0.2, 0.25) is 1.41 Å². The second-order valence-corrected chi connectivity index (χ2v) is 2.58. The maximum Gasteiger partial charge on any atom is 0.266 e. The molecule has 0 aromatic heterocycles. The lowest BCUT2D eigenvalue weighted by Crippen LogP contribution is -2.46. The highest BCUT2D eigenvalue weighted by molar-refractivity contribution is 4.86. The SMILES string of the molecule is [2H]N1CCC(O)(C(F)F)CC1. The molecule has 1 rings (SSSR count). The van der Waals surface area contributed by atoms with Crippen LogP contribution in [0, 0.1) is 0 Å². The minimum absolute atomic E-state index is 0.00579. The van der Waals surface area contributed by atoms with Gasteiger partial charge in [-0.1, -0.05) is 0 Å². The number of rotatable bonds is 1. The average Bonchev–Trinajstić information content (AvgIpc) is 1.95. The number of halogens is 2. The number of nitrogens with one attached hydrogen (secondary N) is 1. The van der Waals surface area contributed by atoms with Crippen LogP contribution in [-0.4, -0.2) is 30.2 Å². The van der Waals surface area contributed by atoms with Gasteiger partial charge in [0.25, 0.3) is 6.43 Å². The third-order valence-corrected chi connectivity index (χ3v) is 1.81. The van der Waals surface area contributed by atoms with Gasteiger partial charge >= 0.3 is 0 Å². The molecule has 0 atom stereocenters. The Labute approximate surface area is 59.7 Å². The summed E-state index contributed by atoms with van der Waals surface area (Å²) < 4.78 is 31.3. The highest BCUT2D eigenvalue weighted by atomic mass is 19.3. The summed E-state index contributed by atoms with van der Waals surface area (Å²) in [4.78, 5) is 0. The monoisotopic (exact) mass is 152 g/mol. The fraction of sp³-hybridized carbons (Fsp3) is 1.00. The molecule has 0 radical (unpaired) electrons. The van der Waals surface area contributed by atoms with Gasteiger partial charge in [-0.25, -0.2) is 8.78 Å². The topological polar surface area (TPSA) is 32.3 Å². The quantitative estimate of drug-likeness (QED) is 0.568. The molecule has 60 valence electrons. The molecule has 2 nitrogen and oxygen atoms in total. The predicted molar refractivity (Wildman–Crippen MR) is 33.1 cm³/mol. The van der Waals surface area contributed by atoms with E-state index >= 15 is 0 Å². The van der Waals surface area contributed by atoms with Crippen molar-refractivity contribution >= 4 is 0 Å². The van der Waals surface area contributed by atoms with Crippen LogP contribution in [0.15, 0.2) is 0 Å². The van der Waals surface area contributed by atoms with Gasteiger partial charge < -0.3 is 10.4 Å². The first-order valence-electron chi connectivity index (χ1n) is 3.74. The molecule has 0 amide bonds. The van der Waals surface area contributed by atoms with Gasteiger partial charge in [0, 0.05) is 0 Å². The molecule has 0 aromatic rings. The third kappa shape index (κ3) is 1.44. The van der Waals surface area contributed by atoms with Gasteiger partial charge in [0.2, 0.25) is 0 Å². The Balaban J connectivity index is 2.48. The zero-order valence-corrected chi connectivity index (χ0v) is 5.56. The smallest absolute Gasteiger partial charge is 0.266 e. The molecular formula is C6H11F2NO. The van der Waals surface area contributed by atoms with Crippen molar-refractivity contribution in [2.45, 2.75) is 24.9 Å². The van der Waals surface area contributed by atoms with Crippen molar-refractivity contribution in [3.63, 3.8) is 0 Å². The summed E-state index contributed by atoms with van der Waals surface area (Å²) in [6.45, 7) is 0.446. The minimum atomic E-state index is -2.68. The van der Waals surface area contributed by atoms with E-state index in [0.29, 0.717) is 0 Å². The summed E-state index contributed by atoms with van der Waals surface area (Å²) in [6.07, 6.45) is -2.70. The van der Waals surface area contributed by atoms with Gasteiger partial charge in [0.1, 0.15) is 7.01 Å². The molecule has 0 spiro atoms. The van der Waals surface area contributed by atoms with Crippen molar-refractivity contribution in [3.8, 4) is 0 Å². The number of aliphatic hydroxyl groups is 1. The maximum absolute atomic E-state index is 12.1. The Morgan fingerprint density at radius 1 is 1.50 bits per heavy atom. The van der Waals surface area contributed by atoms with Crippen LogP contribution in [0.3, 0.4) is 0 Å². The van der Waals surface area contributed by atoms with E-state index in [2.05, 4.69) is 0 Å². The van der Waals surface area contributed by atoms with Gasteiger partial charge in [-0.2, -0.15) is 0 Å². The van der Waals surface area contributed by atoms with E-state index in [0.717, 1.165) is 0 Å². The Morgan fingerprint density at radius 2 is 2.00 bits per heavy atom. The fourth-order valence-corrected chi connectivity index (χ4v) is 1.00. The molecule has 1 fully saturated rings. The summed E-state index contributed by atoms with van der Waals surface area (Å²) in [5, 5.41) is 10.4. The second kappa shape index (κ2) is 2.80. The van der Waals surface area contributed by atoms with Crippen LogP contribution >= 0.6 is 0 Å². The van der Waals surface area contributed by atoms with Gasteiger partial charge in [0.05, 0.1) is 0 Å². The molecule has 2 N–H and O–H groups in total. The molecule has 0 aliphatic carbocycles. The second-order valence-electron chi connectivity index (χ2n) is 2.58. The van der Waals surface area contributed by atoms with E-state index in [4.69, 9.17) is 1.41 Å². The normalized spacial score (nSPS) is 28.6. The van der Waals surface area contributed by atoms with E-state index in [9.17, 15) is 13.9 Å². The van der Waals surface area contributed by atoms with E-state index in [-0.39, 0.29) is 25.9 Å². The van der Waals surface area contributed by atoms with Crippen LogP contribution in [0.5, 0.6) is 0 Å². The third-order valence-electron chi connectivity index (χ3n) is 1.81. The highest BCUT2D eigenvalue weighted by Crippen LogP contribution is 2.25. The van der Waals surface area contributed by atoms with Crippen LogP contribution in [0.1, 0.15) is 12.8 Å². The first-order valence-corrected chi connectivity index (χ1v) is 3.29. The first-order chi connectivity index (χ1) is 5.04. The highest BCUT2D eigenvalue weighted by Gasteiger charge is 2.38. The maximum atomic E-state index is 12.1. The Hall–Kier alpha value is -0.220. The lowest BCUT2D eigenvalue weighted by Gasteiger charge is -2.31. The molecule has 10 heavy (non-hydrogen) atoms. The van der Waals surface area contributed by atoms with Gasteiger partial charge in [-0.05, 0) is 25.9 Å². The summed E-state index contributed by atoms with van der Waals surface area (Å²) in [7, 11) is 0. The van der Waals surface area contributed by atoms with Crippen molar-refractivity contribution in [1.29, 1.82) is 0 Å². The number of hydrogen-bond donors (Lipinski definition) is 2. The van der Waals surface area contributed by atoms with E-state index < -0.39 is 12.0 Å². The molecule has 1 aliphatic rings. The summed E-state index contributed by atoms with van der Waals surface area (Å²) in [5.74, 6) is 0. The van der Waals surface area contributed by atoms with Crippen molar-refractivity contribution in [1.82, 2.24) is 5.31 Å².